The lowest BCUT2D eigenvalue weighted by Crippen LogP contribution is -2.39. The predicted octanol–water partition coefficient (Wildman–Crippen LogP) is 3.00. The van der Waals surface area contributed by atoms with E-state index in [4.69, 9.17) is 0 Å². The van der Waals surface area contributed by atoms with Gasteiger partial charge in [-0.2, -0.15) is 0 Å². The van der Waals surface area contributed by atoms with Crippen molar-refractivity contribution in [2.75, 3.05) is 5.32 Å². The molecule has 6 heteroatoms. The van der Waals surface area contributed by atoms with E-state index in [-0.39, 0.29) is 12.2 Å². The van der Waals surface area contributed by atoms with E-state index in [1.165, 1.54) is 24.3 Å². The average Bonchev–Trinajstić information content (AvgIpc) is 3.38. The monoisotopic (exact) mass is 330 g/mol. The Morgan fingerprint density at radius 1 is 0.917 bits per heavy atom. The molecular weight excluding hydrogens is 314 g/mol. The second-order valence-electron chi connectivity index (χ2n) is 5.79. The molecule has 1 saturated carbocycles. The third kappa shape index (κ3) is 3.13. The zero-order chi connectivity index (χ0) is 17.2. The van der Waals surface area contributed by atoms with Crippen LogP contribution in [-0.4, -0.2) is 11.8 Å². The fourth-order valence-electron chi connectivity index (χ4n) is 2.47. The number of halogens is 2. The Morgan fingerprint density at radius 3 is 2.17 bits per heavy atom. The van der Waals surface area contributed by atoms with Gasteiger partial charge in [0, 0.05) is 12.1 Å². The number of rotatable bonds is 5. The van der Waals surface area contributed by atoms with E-state index in [0.717, 1.165) is 0 Å². The Hall–Kier alpha value is -2.76. The van der Waals surface area contributed by atoms with Crippen molar-refractivity contribution in [1.29, 1.82) is 0 Å². The minimum absolute atomic E-state index is 0.000233. The number of benzene rings is 2. The maximum atomic E-state index is 13.6. The van der Waals surface area contributed by atoms with Crippen molar-refractivity contribution < 1.29 is 18.4 Å². The summed E-state index contributed by atoms with van der Waals surface area (Å²) in [7, 11) is 0. The molecule has 0 aliphatic heterocycles. The van der Waals surface area contributed by atoms with Gasteiger partial charge in [0.25, 0.3) is 0 Å². The molecule has 2 N–H and O–H groups in total. The van der Waals surface area contributed by atoms with E-state index in [2.05, 4.69) is 10.6 Å². The first-order valence-corrected chi connectivity index (χ1v) is 7.61. The lowest BCUT2D eigenvalue weighted by Gasteiger charge is -2.16. The van der Waals surface area contributed by atoms with Crippen LogP contribution >= 0.6 is 0 Å². The molecule has 0 heterocycles. The van der Waals surface area contributed by atoms with Crippen LogP contribution in [0.1, 0.15) is 18.4 Å². The van der Waals surface area contributed by atoms with Crippen molar-refractivity contribution in [3.05, 3.63) is 65.7 Å². The SMILES string of the molecule is O=C(NCc1ccccc1F)C1(C(=O)Nc2ccccc2F)CC1. The topological polar surface area (TPSA) is 58.2 Å². The number of nitrogens with one attached hydrogen (secondary N) is 2. The molecule has 124 valence electrons. The van der Waals surface area contributed by atoms with Crippen LogP contribution in [0.15, 0.2) is 48.5 Å². The van der Waals surface area contributed by atoms with Crippen molar-refractivity contribution in [3.63, 3.8) is 0 Å². The first-order valence-electron chi connectivity index (χ1n) is 7.61. The summed E-state index contributed by atoms with van der Waals surface area (Å²) in [5, 5.41) is 5.04. The molecule has 1 aliphatic rings. The van der Waals surface area contributed by atoms with Crippen molar-refractivity contribution in [1.82, 2.24) is 5.32 Å². The van der Waals surface area contributed by atoms with Gasteiger partial charge in [-0.15, -0.1) is 0 Å². The highest BCUT2D eigenvalue weighted by Crippen LogP contribution is 2.47. The fraction of sp³-hybridized carbons (Fsp3) is 0.222. The Balaban J connectivity index is 1.65. The summed E-state index contributed by atoms with van der Waals surface area (Å²) < 4.78 is 27.2. The van der Waals surface area contributed by atoms with Crippen LogP contribution in [0.4, 0.5) is 14.5 Å². The number of para-hydroxylation sites is 1. The summed E-state index contributed by atoms with van der Waals surface area (Å²) in [6.07, 6.45) is 0.771. The van der Waals surface area contributed by atoms with Gasteiger partial charge in [0.05, 0.1) is 5.69 Å². The first kappa shape index (κ1) is 16.1. The van der Waals surface area contributed by atoms with Crippen LogP contribution in [0.25, 0.3) is 0 Å². The smallest absolute Gasteiger partial charge is 0.240 e. The van der Waals surface area contributed by atoms with Crippen LogP contribution in [0, 0.1) is 17.0 Å². The molecule has 0 atom stereocenters. The van der Waals surface area contributed by atoms with E-state index in [1.54, 1.807) is 24.3 Å². The van der Waals surface area contributed by atoms with Crippen molar-refractivity contribution in [2.24, 2.45) is 5.41 Å². The molecule has 0 radical (unpaired) electrons. The van der Waals surface area contributed by atoms with Gasteiger partial charge in [0.2, 0.25) is 11.8 Å². The molecule has 2 aromatic carbocycles. The van der Waals surface area contributed by atoms with Crippen LogP contribution in [0.3, 0.4) is 0 Å². The normalized spacial score (nSPS) is 14.8. The van der Waals surface area contributed by atoms with Crippen LogP contribution in [-0.2, 0) is 16.1 Å². The number of anilines is 1. The van der Waals surface area contributed by atoms with E-state index < -0.39 is 28.9 Å². The summed E-state index contributed by atoms with van der Waals surface area (Å²) in [4.78, 5) is 24.7. The van der Waals surface area contributed by atoms with E-state index in [0.29, 0.717) is 18.4 Å². The average molecular weight is 330 g/mol. The summed E-state index contributed by atoms with van der Waals surface area (Å²) in [6.45, 7) is 0.000233. The van der Waals surface area contributed by atoms with Gasteiger partial charge in [-0.25, -0.2) is 8.78 Å². The Bertz CT molecular complexity index is 788. The molecule has 2 aromatic rings. The Labute approximate surface area is 137 Å². The lowest BCUT2D eigenvalue weighted by molar-refractivity contribution is -0.134. The number of carbonyl (C=O) groups excluding carboxylic acids is 2. The molecule has 1 fully saturated rings. The largest absolute Gasteiger partial charge is 0.351 e. The zero-order valence-corrected chi connectivity index (χ0v) is 12.8. The molecule has 0 unspecified atom stereocenters. The zero-order valence-electron chi connectivity index (χ0n) is 12.8. The van der Waals surface area contributed by atoms with Gasteiger partial charge in [-0.05, 0) is 31.0 Å². The number of carbonyl (C=O) groups is 2. The number of hydrogen-bond acceptors (Lipinski definition) is 2. The summed E-state index contributed by atoms with van der Waals surface area (Å²) in [5.74, 6) is -2.00. The first-order chi connectivity index (χ1) is 11.5. The molecule has 0 spiro atoms. The van der Waals surface area contributed by atoms with Gasteiger partial charge >= 0.3 is 0 Å². The molecule has 4 nitrogen and oxygen atoms in total. The van der Waals surface area contributed by atoms with Crippen LogP contribution in [0.2, 0.25) is 0 Å². The number of amides is 2. The molecule has 24 heavy (non-hydrogen) atoms. The van der Waals surface area contributed by atoms with Gasteiger partial charge in [0.1, 0.15) is 17.0 Å². The third-order valence-corrected chi connectivity index (χ3v) is 4.14. The summed E-state index contributed by atoms with van der Waals surface area (Å²) in [5.41, 5.74) is -0.820. The minimum atomic E-state index is -1.20. The van der Waals surface area contributed by atoms with Crippen LogP contribution < -0.4 is 10.6 Å². The van der Waals surface area contributed by atoms with Crippen LogP contribution in [0.5, 0.6) is 0 Å². The highest BCUT2D eigenvalue weighted by molar-refractivity contribution is 6.13. The predicted molar refractivity (Wildman–Crippen MR) is 84.9 cm³/mol. The van der Waals surface area contributed by atoms with E-state index in [1.807, 2.05) is 0 Å². The third-order valence-electron chi connectivity index (χ3n) is 4.14. The Morgan fingerprint density at radius 2 is 1.54 bits per heavy atom. The molecule has 0 bridgehead atoms. The van der Waals surface area contributed by atoms with E-state index >= 15 is 0 Å². The summed E-state index contributed by atoms with van der Waals surface area (Å²) in [6, 6.07) is 11.9. The second kappa shape index (κ2) is 6.39. The van der Waals surface area contributed by atoms with Gasteiger partial charge < -0.3 is 10.6 Å². The number of hydrogen-bond donors (Lipinski definition) is 2. The molecule has 3 rings (SSSR count). The second-order valence-corrected chi connectivity index (χ2v) is 5.79. The van der Waals surface area contributed by atoms with Crippen molar-refractivity contribution in [3.8, 4) is 0 Å². The fourth-order valence-corrected chi connectivity index (χ4v) is 2.47. The van der Waals surface area contributed by atoms with Crippen molar-refractivity contribution >= 4 is 17.5 Å². The summed E-state index contributed by atoms with van der Waals surface area (Å²) >= 11 is 0. The molecule has 2 amide bonds. The highest BCUT2D eigenvalue weighted by Gasteiger charge is 2.56. The maximum absolute atomic E-state index is 13.6. The standard InChI is InChI=1S/C18H16F2N2O2/c19-13-6-2-1-5-12(13)11-21-16(23)18(9-10-18)17(24)22-15-8-4-3-7-14(15)20/h1-8H,9-11H2,(H,21,23)(H,22,24). The minimum Gasteiger partial charge on any atom is -0.351 e. The molecule has 1 aliphatic carbocycles. The molecule has 0 aromatic heterocycles. The lowest BCUT2D eigenvalue weighted by atomic mass is 10.0. The molecule has 0 saturated heterocycles. The van der Waals surface area contributed by atoms with Gasteiger partial charge in [-0.3, -0.25) is 9.59 Å². The quantitative estimate of drug-likeness (QED) is 0.828. The highest BCUT2D eigenvalue weighted by atomic mass is 19.1. The Kier molecular flexibility index (Phi) is 4.29. The molecular formula is C18H16F2N2O2. The van der Waals surface area contributed by atoms with E-state index in [9.17, 15) is 18.4 Å². The van der Waals surface area contributed by atoms with Gasteiger partial charge in [-0.1, -0.05) is 30.3 Å². The van der Waals surface area contributed by atoms with Crippen molar-refractivity contribution in [2.45, 2.75) is 19.4 Å². The maximum Gasteiger partial charge on any atom is 0.240 e. The van der Waals surface area contributed by atoms with Gasteiger partial charge in [0.15, 0.2) is 0 Å².